The minimum Gasteiger partial charge on any atom is -0.339 e. The van der Waals surface area contributed by atoms with Crippen LogP contribution in [0, 0.1) is 11.3 Å². The maximum absolute atomic E-state index is 13.6. The monoisotopic (exact) mass is 430 g/mol. The number of aryl methyl sites for hydroxylation is 2. The van der Waals surface area contributed by atoms with Crippen LogP contribution in [-0.2, 0) is 24.2 Å². The number of piperazine rings is 1. The smallest absolute Gasteiger partial charge is 0.263 e. The number of anilines is 1. The third-order valence-corrected chi connectivity index (χ3v) is 7.28. The first-order chi connectivity index (χ1) is 14.2. The predicted octanol–water partition coefficient (Wildman–Crippen LogP) is 3.69. The van der Waals surface area contributed by atoms with Crippen LogP contribution in [0.15, 0.2) is 4.79 Å². The van der Waals surface area contributed by atoms with Gasteiger partial charge in [-0.3, -0.25) is 14.2 Å². The van der Waals surface area contributed by atoms with Crippen molar-refractivity contribution in [2.75, 3.05) is 31.1 Å². The number of aromatic nitrogens is 2. The fourth-order valence-corrected chi connectivity index (χ4v) is 5.83. The Morgan fingerprint density at radius 3 is 2.40 bits per heavy atom. The molecule has 0 spiro atoms. The Morgan fingerprint density at radius 1 is 1.10 bits per heavy atom. The van der Waals surface area contributed by atoms with Crippen LogP contribution in [-0.4, -0.2) is 46.5 Å². The van der Waals surface area contributed by atoms with E-state index >= 15 is 0 Å². The molecular weight excluding hydrogens is 396 g/mol. The normalized spacial score (nSPS) is 17.7. The van der Waals surface area contributed by atoms with Gasteiger partial charge in [-0.25, -0.2) is 4.98 Å². The highest BCUT2D eigenvalue weighted by Crippen LogP contribution is 2.35. The number of thiophene rings is 1. The minimum absolute atomic E-state index is 0.122. The number of hydrogen-bond acceptors (Lipinski definition) is 5. The Morgan fingerprint density at radius 2 is 1.77 bits per heavy atom. The van der Waals surface area contributed by atoms with E-state index in [0.717, 1.165) is 35.4 Å². The largest absolute Gasteiger partial charge is 0.339 e. The molecule has 1 aliphatic heterocycles. The fraction of sp³-hybridized carbons (Fsp3) is 0.696. The predicted molar refractivity (Wildman–Crippen MR) is 124 cm³/mol. The third-order valence-electron chi connectivity index (χ3n) is 6.09. The van der Waals surface area contributed by atoms with E-state index < -0.39 is 0 Å². The summed E-state index contributed by atoms with van der Waals surface area (Å²) in [5.41, 5.74) is 1.01. The van der Waals surface area contributed by atoms with Crippen LogP contribution in [0.25, 0.3) is 10.2 Å². The summed E-state index contributed by atoms with van der Waals surface area (Å²) >= 11 is 1.71. The molecule has 30 heavy (non-hydrogen) atoms. The van der Waals surface area contributed by atoms with Gasteiger partial charge in [-0.2, -0.15) is 0 Å². The lowest BCUT2D eigenvalue weighted by atomic mass is 9.94. The first-order valence-electron chi connectivity index (χ1n) is 11.3. The zero-order valence-electron chi connectivity index (χ0n) is 19.0. The molecule has 0 radical (unpaired) electrons. The molecule has 1 aliphatic carbocycles. The van der Waals surface area contributed by atoms with Crippen molar-refractivity contribution in [2.24, 2.45) is 11.3 Å². The first kappa shape index (κ1) is 21.3. The molecule has 4 rings (SSSR count). The second kappa shape index (κ2) is 7.98. The second-order valence-electron chi connectivity index (χ2n) is 10.1. The average molecular weight is 431 g/mol. The van der Waals surface area contributed by atoms with E-state index in [1.165, 1.54) is 16.9 Å². The van der Waals surface area contributed by atoms with E-state index in [4.69, 9.17) is 4.98 Å². The Kier molecular flexibility index (Phi) is 5.68. The summed E-state index contributed by atoms with van der Waals surface area (Å²) in [4.78, 5) is 37.7. The van der Waals surface area contributed by atoms with Crippen LogP contribution >= 0.6 is 11.3 Å². The molecule has 0 N–H and O–H groups in total. The summed E-state index contributed by atoms with van der Waals surface area (Å²) in [6.45, 7) is 13.6. The van der Waals surface area contributed by atoms with Crippen LogP contribution in [0.1, 0.15) is 57.9 Å². The van der Waals surface area contributed by atoms with Crippen molar-refractivity contribution >= 4 is 33.4 Å². The van der Waals surface area contributed by atoms with E-state index in [1.54, 1.807) is 11.3 Å². The van der Waals surface area contributed by atoms with Gasteiger partial charge in [-0.05, 0) is 37.2 Å². The van der Waals surface area contributed by atoms with Crippen molar-refractivity contribution in [3.05, 3.63) is 20.8 Å². The molecule has 1 amide bonds. The molecule has 1 fully saturated rings. The van der Waals surface area contributed by atoms with Crippen LogP contribution in [0.5, 0.6) is 0 Å². The molecule has 0 saturated carbocycles. The summed E-state index contributed by atoms with van der Waals surface area (Å²) in [7, 11) is 0. The number of carbonyl (C=O) groups excluding carboxylic acids is 1. The summed E-state index contributed by atoms with van der Waals surface area (Å²) in [5.74, 6) is 1.33. The molecule has 7 heteroatoms. The lowest BCUT2D eigenvalue weighted by molar-refractivity contribution is -0.139. The minimum atomic E-state index is -0.366. The number of hydrogen-bond donors (Lipinski definition) is 0. The van der Waals surface area contributed by atoms with Gasteiger partial charge in [0.05, 0.1) is 5.39 Å². The van der Waals surface area contributed by atoms with Crippen LogP contribution in [0.3, 0.4) is 0 Å². The maximum Gasteiger partial charge on any atom is 0.263 e. The second-order valence-corrected chi connectivity index (χ2v) is 11.2. The highest BCUT2D eigenvalue weighted by molar-refractivity contribution is 7.18. The quantitative estimate of drug-likeness (QED) is 0.745. The number of rotatable bonds is 3. The molecule has 0 aromatic carbocycles. The van der Waals surface area contributed by atoms with E-state index in [9.17, 15) is 9.59 Å². The van der Waals surface area contributed by atoms with E-state index in [2.05, 4.69) is 18.7 Å². The third kappa shape index (κ3) is 3.88. The number of nitrogens with zero attached hydrogens (tertiary/aromatic N) is 4. The molecule has 0 bridgehead atoms. The van der Waals surface area contributed by atoms with Crippen molar-refractivity contribution in [1.29, 1.82) is 0 Å². The van der Waals surface area contributed by atoms with Gasteiger partial charge in [0.1, 0.15) is 4.83 Å². The highest BCUT2D eigenvalue weighted by Gasteiger charge is 2.31. The Balaban J connectivity index is 1.70. The molecule has 2 aliphatic rings. The molecule has 0 unspecified atom stereocenters. The first-order valence-corrected chi connectivity index (χ1v) is 12.1. The molecule has 2 aromatic rings. The van der Waals surface area contributed by atoms with Crippen molar-refractivity contribution in [2.45, 2.75) is 66.8 Å². The van der Waals surface area contributed by atoms with E-state index in [-0.39, 0.29) is 16.9 Å². The zero-order chi connectivity index (χ0) is 21.6. The van der Waals surface area contributed by atoms with Gasteiger partial charge in [0, 0.05) is 43.0 Å². The van der Waals surface area contributed by atoms with Crippen LogP contribution in [0.4, 0.5) is 5.95 Å². The standard InChI is InChI=1S/C23H34N4O2S/c1-15(2)14-27-20(28)18-16-8-6-7-9-17(16)30-19(18)24-22(27)26-12-10-25(11-13-26)21(29)23(3,4)5/h15H,6-14H2,1-5H3. The van der Waals surface area contributed by atoms with Gasteiger partial charge in [-0.1, -0.05) is 34.6 Å². The van der Waals surface area contributed by atoms with E-state index in [0.29, 0.717) is 38.6 Å². The Labute approximate surface area is 182 Å². The molecule has 2 aromatic heterocycles. The topological polar surface area (TPSA) is 58.4 Å². The van der Waals surface area contributed by atoms with Gasteiger partial charge in [0.25, 0.3) is 5.56 Å². The summed E-state index contributed by atoms with van der Waals surface area (Å²) in [5, 5.41) is 0.862. The Bertz CT molecular complexity index is 1010. The lowest BCUT2D eigenvalue weighted by Crippen LogP contribution is -2.52. The molecule has 6 nitrogen and oxygen atoms in total. The van der Waals surface area contributed by atoms with Gasteiger partial charge >= 0.3 is 0 Å². The summed E-state index contributed by atoms with van der Waals surface area (Å²) in [6, 6.07) is 0. The molecule has 3 heterocycles. The molecule has 164 valence electrons. The Hall–Kier alpha value is -1.89. The average Bonchev–Trinajstić information content (AvgIpc) is 3.07. The van der Waals surface area contributed by atoms with Gasteiger partial charge < -0.3 is 9.80 Å². The van der Waals surface area contributed by atoms with E-state index in [1.807, 2.05) is 30.2 Å². The lowest BCUT2D eigenvalue weighted by Gasteiger charge is -2.38. The van der Waals surface area contributed by atoms with Gasteiger partial charge in [0.2, 0.25) is 11.9 Å². The number of fused-ring (bicyclic) bond motifs is 3. The summed E-state index contributed by atoms with van der Waals surface area (Å²) < 4.78 is 1.90. The zero-order valence-corrected chi connectivity index (χ0v) is 19.8. The summed E-state index contributed by atoms with van der Waals surface area (Å²) in [6.07, 6.45) is 4.44. The van der Waals surface area contributed by atoms with Gasteiger partial charge in [-0.15, -0.1) is 11.3 Å². The van der Waals surface area contributed by atoms with Crippen molar-refractivity contribution < 1.29 is 4.79 Å². The van der Waals surface area contributed by atoms with Crippen molar-refractivity contribution in [1.82, 2.24) is 14.5 Å². The van der Waals surface area contributed by atoms with Crippen LogP contribution < -0.4 is 10.5 Å². The van der Waals surface area contributed by atoms with Crippen LogP contribution in [0.2, 0.25) is 0 Å². The van der Waals surface area contributed by atoms with Gasteiger partial charge in [0.15, 0.2) is 0 Å². The SMILES string of the molecule is CC(C)Cn1c(N2CCN(C(=O)C(C)(C)C)CC2)nc2sc3c(c2c1=O)CCCC3. The maximum atomic E-state index is 13.6. The molecule has 0 atom stereocenters. The highest BCUT2D eigenvalue weighted by atomic mass is 32.1. The number of carbonyl (C=O) groups is 1. The van der Waals surface area contributed by atoms with Crippen molar-refractivity contribution in [3.8, 4) is 0 Å². The fourth-order valence-electron chi connectivity index (χ4n) is 4.58. The molecule has 1 saturated heterocycles. The van der Waals surface area contributed by atoms with Crippen molar-refractivity contribution in [3.63, 3.8) is 0 Å². The molecular formula is C23H34N4O2S. The number of amides is 1.